The quantitative estimate of drug-likeness (QED) is 0.204. The molecule has 0 unspecified atom stereocenters. The molecule has 3 aromatic rings. The van der Waals surface area contributed by atoms with Gasteiger partial charge >= 0.3 is 200 Å². The summed E-state index contributed by atoms with van der Waals surface area (Å²) in [5, 5.41) is 0. The zero-order chi connectivity index (χ0) is 21.8. The molecule has 0 radical (unpaired) electrons. The number of hydrogen-bond acceptors (Lipinski definition) is 0. The average Bonchev–Trinajstić information content (AvgIpc) is 2.76. The average molecular weight is 754 g/mol. The van der Waals surface area contributed by atoms with Crippen molar-refractivity contribution in [3.05, 3.63) is 108 Å². The molecule has 0 atom stereocenters. The normalized spacial score (nSPS) is 15.0. The van der Waals surface area contributed by atoms with Crippen LogP contribution in [0.2, 0.25) is 8.26 Å². The summed E-state index contributed by atoms with van der Waals surface area (Å²) >= 11 is 10.3. The molecule has 5 heteroatoms. The summed E-state index contributed by atoms with van der Waals surface area (Å²) in [4.78, 5) is 0. The summed E-state index contributed by atoms with van der Waals surface area (Å²) in [6.07, 6.45) is 0. The second-order valence-electron chi connectivity index (χ2n) is 8.87. The van der Waals surface area contributed by atoms with Crippen molar-refractivity contribution in [1.29, 1.82) is 0 Å². The molecule has 0 heterocycles. The van der Waals surface area contributed by atoms with Gasteiger partial charge in [-0.1, -0.05) is 0 Å². The van der Waals surface area contributed by atoms with Crippen molar-refractivity contribution in [3.63, 3.8) is 0 Å². The Kier molecular flexibility index (Phi) is 8.50. The van der Waals surface area contributed by atoms with Crippen LogP contribution in [0.4, 0.5) is 0 Å². The Balaban J connectivity index is 2.29. The summed E-state index contributed by atoms with van der Waals surface area (Å²) in [6, 6.07) is 33.5. The number of hydrogen-bond donors (Lipinski definition) is 0. The van der Waals surface area contributed by atoms with Gasteiger partial charge in [0.25, 0.3) is 0 Å². The van der Waals surface area contributed by atoms with E-state index >= 15 is 0 Å². The molecule has 0 aliphatic heterocycles. The molecule has 0 amide bonds. The SMILES string of the molecule is C[CH2][Zr]([Br])([Br])([CH2]C)[Zr]([Br])([CH2]c1ccccc1)([CH2]c1ccccc1)[CH2]c1ccccc1. The van der Waals surface area contributed by atoms with E-state index in [-0.39, 0.29) is 0 Å². The second kappa shape index (κ2) is 10.0. The van der Waals surface area contributed by atoms with Crippen molar-refractivity contribution in [2.45, 2.75) is 34.5 Å². The Hall–Kier alpha value is 0.866. The summed E-state index contributed by atoms with van der Waals surface area (Å²) in [5.41, 5.74) is 4.40. The maximum absolute atomic E-state index is 4.81. The molecule has 0 nitrogen and oxygen atoms in total. The first-order chi connectivity index (χ1) is 14.2. The Morgan fingerprint density at radius 1 is 0.500 bits per heavy atom. The fraction of sp³-hybridized carbons (Fsp3) is 0.280. The van der Waals surface area contributed by atoms with Crippen molar-refractivity contribution >= 4 is 36.7 Å². The maximum atomic E-state index is 4.81. The standard InChI is InChI=1S/3C7H7.2C2H5.3BrH.2Zr/c3*1-7-5-3-2-4-6-7;2*1-2;;;;;/h3*2-6H,1H2;2*1H2,2H3;3*1H;;/q;;;;;;;;+1;+2/p-3. The van der Waals surface area contributed by atoms with E-state index in [9.17, 15) is 0 Å². The van der Waals surface area contributed by atoms with Crippen molar-refractivity contribution in [3.8, 4) is 0 Å². The zero-order valence-corrected chi connectivity index (χ0v) is 27.5. The van der Waals surface area contributed by atoms with Crippen LogP contribution in [0.25, 0.3) is 0 Å². The Morgan fingerprint density at radius 2 is 0.767 bits per heavy atom. The van der Waals surface area contributed by atoms with Gasteiger partial charge in [-0.05, 0) is 0 Å². The van der Waals surface area contributed by atoms with Gasteiger partial charge in [0, 0.05) is 0 Å². The second-order valence-corrected chi connectivity index (χ2v) is 140. The molecule has 0 N–H and O–H groups in total. The molecular formula is C25H31Br3Zr2. The predicted molar refractivity (Wildman–Crippen MR) is 138 cm³/mol. The van der Waals surface area contributed by atoms with Crippen molar-refractivity contribution in [2.75, 3.05) is 0 Å². The van der Waals surface area contributed by atoms with E-state index in [1.54, 1.807) is 0 Å². The molecule has 3 aromatic carbocycles. The minimum absolute atomic E-state index is 1.18. The van der Waals surface area contributed by atoms with Gasteiger partial charge in [0.05, 0.1) is 0 Å². The number of halogens is 3. The third-order valence-electron chi connectivity index (χ3n) is 7.10. The summed E-state index contributed by atoms with van der Waals surface area (Å²) < 4.78 is 5.97. The van der Waals surface area contributed by atoms with Crippen LogP contribution in [0.5, 0.6) is 0 Å². The van der Waals surface area contributed by atoms with Crippen LogP contribution in [0, 0.1) is 0 Å². The van der Waals surface area contributed by atoms with E-state index < -0.39 is 20.9 Å². The third kappa shape index (κ3) is 5.01. The predicted octanol–water partition coefficient (Wildman–Crippen LogP) is 9.69. The molecule has 0 saturated carbocycles. The van der Waals surface area contributed by atoms with Gasteiger partial charge in [0.2, 0.25) is 0 Å². The molecule has 0 aliphatic rings. The third-order valence-corrected chi connectivity index (χ3v) is 249. The summed E-state index contributed by atoms with van der Waals surface area (Å²) in [7, 11) is -3.53. The first-order valence-corrected chi connectivity index (χ1v) is 44.8. The molecule has 30 heavy (non-hydrogen) atoms. The van der Waals surface area contributed by atoms with Crippen LogP contribution in [-0.4, -0.2) is 0 Å². The molecular weight excluding hydrogens is 722 g/mol. The zero-order valence-electron chi connectivity index (χ0n) is 17.8. The fourth-order valence-electron chi connectivity index (χ4n) is 5.09. The van der Waals surface area contributed by atoms with Crippen LogP contribution in [-0.2, 0) is 33.3 Å². The van der Waals surface area contributed by atoms with E-state index in [1.807, 2.05) is 0 Å². The summed E-state index contributed by atoms with van der Waals surface area (Å²) in [5.74, 6) is 0. The van der Waals surface area contributed by atoms with Gasteiger partial charge < -0.3 is 0 Å². The van der Waals surface area contributed by atoms with Crippen LogP contribution < -0.4 is 0 Å². The molecule has 3 rings (SSSR count). The van der Waals surface area contributed by atoms with E-state index in [1.165, 1.54) is 37.3 Å². The molecule has 0 aliphatic carbocycles. The first-order valence-electron chi connectivity index (χ1n) is 10.8. The van der Waals surface area contributed by atoms with Gasteiger partial charge in [0.1, 0.15) is 0 Å². The molecule has 0 fully saturated rings. The van der Waals surface area contributed by atoms with Gasteiger partial charge in [0.15, 0.2) is 0 Å². The van der Waals surface area contributed by atoms with Crippen molar-refractivity contribution < 1.29 is 20.9 Å². The molecule has 160 valence electrons. The van der Waals surface area contributed by atoms with Crippen LogP contribution in [0.15, 0.2) is 91.0 Å². The van der Waals surface area contributed by atoms with E-state index in [0.29, 0.717) is 0 Å². The van der Waals surface area contributed by atoms with Gasteiger partial charge in [-0.2, -0.15) is 0 Å². The number of benzene rings is 3. The minimum atomic E-state index is -3.78. The van der Waals surface area contributed by atoms with E-state index in [4.69, 9.17) is 12.2 Å². The van der Waals surface area contributed by atoms with Crippen molar-refractivity contribution in [1.82, 2.24) is 0 Å². The van der Waals surface area contributed by atoms with Crippen LogP contribution in [0.3, 0.4) is 0 Å². The molecule has 0 aromatic heterocycles. The molecule has 0 bridgehead atoms. The first kappa shape index (κ1) is 25.5. The van der Waals surface area contributed by atoms with E-state index in [0.717, 1.165) is 0 Å². The van der Waals surface area contributed by atoms with Crippen LogP contribution in [0.1, 0.15) is 30.5 Å². The fourth-order valence-corrected chi connectivity index (χ4v) is 129. The van der Waals surface area contributed by atoms with Gasteiger partial charge in [-0.3, -0.25) is 0 Å². The van der Waals surface area contributed by atoms with Crippen LogP contribution >= 0.6 is 36.7 Å². The van der Waals surface area contributed by atoms with E-state index in [2.05, 4.69) is 129 Å². The monoisotopic (exact) mass is 748 g/mol. The Labute approximate surface area is 196 Å². The Morgan fingerprint density at radius 3 is 1.00 bits per heavy atom. The Bertz CT molecular complexity index is 847. The van der Waals surface area contributed by atoms with Crippen molar-refractivity contribution in [2.24, 2.45) is 0 Å². The van der Waals surface area contributed by atoms with Gasteiger partial charge in [-0.25, -0.2) is 0 Å². The number of rotatable bonds is 9. The summed E-state index contributed by atoms with van der Waals surface area (Å²) in [6.45, 7) is 4.82. The van der Waals surface area contributed by atoms with Gasteiger partial charge in [-0.15, -0.1) is 0 Å². The molecule has 0 spiro atoms. The topological polar surface area (TPSA) is 0 Å². The molecule has 0 saturated heterocycles.